The Hall–Kier alpha value is -1.30. The van der Waals surface area contributed by atoms with Gasteiger partial charge in [-0.2, -0.15) is 0 Å². The van der Waals surface area contributed by atoms with Crippen LogP contribution < -0.4 is 5.32 Å². The van der Waals surface area contributed by atoms with E-state index in [2.05, 4.69) is 5.32 Å². The number of rotatable bonds is 8. The first-order valence-electron chi connectivity index (χ1n) is 6.26. The summed E-state index contributed by atoms with van der Waals surface area (Å²) in [5.41, 5.74) is 0. The number of carboxylic acid groups (broad SMARTS) is 1. The number of nitrogens with zero attached hydrogens (tertiary/aromatic N) is 1. The third-order valence-corrected chi connectivity index (χ3v) is 2.86. The van der Waals surface area contributed by atoms with Gasteiger partial charge in [0, 0.05) is 26.2 Å². The van der Waals surface area contributed by atoms with Crippen LogP contribution in [0, 0.1) is 0 Å². The van der Waals surface area contributed by atoms with E-state index in [-0.39, 0.29) is 25.0 Å². The number of carboxylic acids is 1. The summed E-state index contributed by atoms with van der Waals surface area (Å²) in [6.45, 7) is 6.38. The van der Waals surface area contributed by atoms with Crippen molar-refractivity contribution < 1.29 is 19.4 Å². The van der Waals surface area contributed by atoms with Crippen LogP contribution in [-0.4, -0.2) is 54.4 Å². The molecule has 106 valence electrons. The summed E-state index contributed by atoms with van der Waals surface area (Å²) in [4.78, 5) is 24.0. The molecule has 0 heterocycles. The molecule has 0 aliphatic carbocycles. The van der Waals surface area contributed by atoms with E-state index >= 15 is 0 Å². The SMILES string of the molecule is CCOC(CNC(=O)N(C)C(C)CC)CC(=O)O. The fourth-order valence-electron chi connectivity index (χ4n) is 1.42. The molecule has 6 heteroatoms. The van der Waals surface area contributed by atoms with Gasteiger partial charge in [-0.15, -0.1) is 0 Å². The van der Waals surface area contributed by atoms with Crippen LogP contribution in [0.4, 0.5) is 4.79 Å². The zero-order valence-corrected chi connectivity index (χ0v) is 11.6. The highest BCUT2D eigenvalue weighted by molar-refractivity contribution is 5.74. The zero-order chi connectivity index (χ0) is 14.1. The number of nitrogens with one attached hydrogen (secondary N) is 1. The Morgan fingerprint density at radius 2 is 2.00 bits per heavy atom. The minimum atomic E-state index is -0.932. The molecule has 0 aliphatic rings. The lowest BCUT2D eigenvalue weighted by atomic mass is 10.2. The molecule has 2 N–H and O–H groups in total. The molecule has 2 unspecified atom stereocenters. The second-order valence-electron chi connectivity index (χ2n) is 4.23. The van der Waals surface area contributed by atoms with Gasteiger partial charge in [-0.25, -0.2) is 4.79 Å². The minimum absolute atomic E-state index is 0.110. The Morgan fingerprint density at radius 3 is 2.44 bits per heavy atom. The first kappa shape index (κ1) is 16.7. The molecule has 0 spiro atoms. The maximum atomic E-state index is 11.7. The molecule has 0 bridgehead atoms. The van der Waals surface area contributed by atoms with Crippen molar-refractivity contribution >= 4 is 12.0 Å². The average molecular weight is 260 g/mol. The fraction of sp³-hybridized carbons (Fsp3) is 0.833. The highest BCUT2D eigenvalue weighted by atomic mass is 16.5. The maximum Gasteiger partial charge on any atom is 0.317 e. The van der Waals surface area contributed by atoms with E-state index in [4.69, 9.17) is 9.84 Å². The van der Waals surface area contributed by atoms with Gasteiger partial charge in [-0.1, -0.05) is 6.92 Å². The Balaban J connectivity index is 4.17. The first-order valence-corrected chi connectivity index (χ1v) is 6.26. The molecular formula is C12H24N2O4. The molecule has 2 amide bonds. The molecule has 18 heavy (non-hydrogen) atoms. The molecule has 6 nitrogen and oxygen atoms in total. The van der Waals surface area contributed by atoms with Crippen LogP contribution >= 0.6 is 0 Å². The van der Waals surface area contributed by atoms with Crippen molar-refractivity contribution in [2.75, 3.05) is 20.2 Å². The number of hydrogen-bond donors (Lipinski definition) is 2. The van der Waals surface area contributed by atoms with Crippen LogP contribution in [0.3, 0.4) is 0 Å². The predicted molar refractivity (Wildman–Crippen MR) is 68.6 cm³/mol. The van der Waals surface area contributed by atoms with E-state index < -0.39 is 12.1 Å². The lowest BCUT2D eigenvalue weighted by Crippen LogP contribution is -2.45. The summed E-state index contributed by atoms with van der Waals surface area (Å²) in [6, 6.07) is -0.0607. The average Bonchev–Trinajstić information content (AvgIpc) is 2.33. The third kappa shape index (κ3) is 6.44. The van der Waals surface area contributed by atoms with Gasteiger partial charge in [-0.05, 0) is 20.3 Å². The summed E-state index contributed by atoms with van der Waals surface area (Å²) in [7, 11) is 1.72. The molecule has 0 aromatic carbocycles. The van der Waals surface area contributed by atoms with Gasteiger partial charge in [0.1, 0.15) is 0 Å². The van der Waals surface area contributed by atoms with Gasteiger partial charge in [0.25, 0.3) is 0 Å². The standard InChI is InChI=1S/C12H24N2O4/c1-5-9(3)14(4)12(17)13-8-10(18-6-2)7-11(15)16/h9-10H,5-8H2,1-4H3,(H,13,17)(H,15,16). The summed E-state index contributed by atoms with van der Waals surface area (Å²) in [5.74, 6) is -0.932. The van der Waals surface area contributed by atoms with Gasteiger partial charge in [0.05, 0.1) is 12.5 Å². The normalized spacial score (nSPS) is 13.8. The van der Waals surface area contributed by atoms with Gasteiger partial charge in [-0.3, -0.25) is 4.79 Å². The third-order valence-electron chi connectivity index (χ3n) is 2.86. The van der Waals surface area contributed by atoms with Crippen molar-refractivity contribution in [3.63, 3.8) is 0 Å². The van der Waals surface area contributed by atoms with Crippen LogP contribution in [-0.2, 0) is 9.53 Å². The smallest absolute Gasteiger partial charge is 0.317 e. The van der Waals surface area contributed by atoms with E-state index in [9.17, 15) is 9.59 Å². The number of urea groups is 1. The fourth-order valence-corrected chi connectivity index (χ4v) is 1.42. The molecule has 2 atom stereocenters. The van der Waals surface area contributed by atoms with Crippen molar-refractivity contribution in [2.45, 2.75) is 45.8 Å². The van der Waals surface area contributed by atoms with E-state index in [0.717, 1.165) is 6.42 Å². The minimum Gasteiger partial charge on any atom is -0.481 e. The quantitative estimate of drug-likeness (QED) is 0.689. The number of carbonyl (C=O) groups is 2. The van der Waals surface area contributed by atoms with Crippen molar-refractivity contribution in [3.05, 3.63) is 0 Å². The van der Waals surface area contributed by atoms with Gasteiger partial charge < -0.3 is 20.1 Å². The Morgan fingerprint density at radius 1 is 1.39 bits per heavy atom. The Kier molecular flexibility index (Phi) is 8.11. The van der Waals surface area contributed by atoms with Crippen LogP contribution in [0.15, 0.2) is 0 Å². The summed E-state index contributed by atoms with van der Waals surface area (Å²) in [6.07, 6.45) is 0.275. The number of hydrogen-bond acceptors (Lipinski definition) is 3. The molecule has 0 aromatic heterocycles. The highest BCUT2D eigenvalue weighted by Gasteiger charge is 2.17. The summed E-state index contributed by atoms with van der Waals surface area (Å²) < 4.78 is 5.26. The molecular weight excluding hydrogens is 236 g/mol. The number of ether oxygens (including phenoxy) is 1. The highest BCUT2D eigenvalue weighted by Crippen LogP contribution is 2.02. The second-order valence-corrected chi connectivity index (χ2v) is 4.23. The summed E-state index contributed by atoms with van der Waals surface area (Å²) in [5, 5.41) is 11.4. The molecule has 0 aliphatic heterocycles. The second kappa shape index (κ2) is 8.74. The van der Waals surface area contributed by atoms with Crippen molar-refractivity contribution in [1.82, 2.24) is 10.2 Å². The monoisotopic (exact) mass is 260 g/mol. The molecule has 0 aromatic rings. The van der Waals surface area contributed by atoms with E-state index in [0.29, 0.717) is 6.61 Å². The molecule has 0 saturated heterocycles. The van der Waals surface area contributed by atoms with Gasteiger partial charge in [0.2, 0.25) is 0 Å². The van der Waals surface area contributed by atoms with Crippen molar-refractivity contribution in [1.29, 1.82) is 0 Å². The zero-order valence-electron chi connectivity index (χ0n) is 11.6. The van der Waals surface area contributed by atoms with E-state index in [1.807, 2.05) is 13.8 Å². The lowest BCUT2D eigenvalue weighted by molar-refractivity contribution is -0.140. The first-order chi connectivity index (χ1) is 8.42. The van der Waals surface area contributed by atoms with Crippen LogP contribution in [0.25, 0.3) is 0 Å². The number of carbonyl (C=O) groups excluding carboxylic acids is 1. The molecule has 0 saturated carbocycles. The van der Waals surface area contributed by atoms with Crippen LogP contribution in [0.1, 0.15) is 33.6 Å². The van der Waals surface area contributed by atoms with Gasteiger partial charge >= 0.3 is 12.0 Å². The predicted octanol–water partition coefficient (Wildman–Crippen LogP) is 1.31. The Bertz CT molecular complexity index is 271. The molecule has 0 radical (unpaired) electrons. The lowest BCUT2D eigenvalue weighted by Gasteiger charge is -2.25. The van der Waals surface area contributed by atoms with Crippen molar-refractivity contribution in [2.24, 2.45) is 0 Å². The van der Waals surface area contributed by atoms with E-state index in [1.165, 1.54) is 0 Å². The van der Waals surface area contributed by atoms with Crippen molar-refractivity contribution in [3.8, 4) is 0 Å². The maximum absolute atomic E-state index is 11.7. The van der Waals surface area contributed by atoms with Gasteiger partial charge in [0.15, 0.2) is 0 Å². The summed E-state index contributed by atoms with van der Waals surface area (Å²) >= 11 is 0. The topological polar surface area (TPSA) is 78.9 Å². The number of amides is 2. The largest absolute Gasteiger partial charge is 0.481 e. The van der Waals surface area contributed by atoms with Crippen LogP contribution in [0.2, 0.25) is 0 Å². The Labute approximate surface area is 108 Å². The van der Waals surface area contributed by atoms with Crippen LogP contribution in [0.5, 0.6) is 0 Å². The molecule has 0 rings (SSSR count). The number of aliphatic carboxylic acids is 1. The van der Waals surface area contributed by atoms with E-state index in [1.54, 1.807) is 18.9 Å². The molecule has 0 fully saturated rings.